The smallest absolute Gasteiger partial charge is 0.262 e. The van der Waals surface area contributed by atoms with Crippen LogP contribution < -0.4 is 31.3 Å². The fraction of sp³-hybridized carbons (Fsp3) is 0.461. The van der Waals surface area contributed by atoms with Crippen molar-refractivity contribution in [3.05, 3.63) is 183 Å². The molecule has 27 heteroatoms. The van der Waals surface area contributed by atoms with E-state index in [4.69, 9.17) is 4.74 Å². The minimum atomic E-state index is -0.898. The van der Waals surface area contributed by atoms with Gasteiger partial charge in [0.05, 0.1) is 34.9 Å². The van der Waals surface area contributed by atoms with Crippen LogP contribution in [0.4, 0.5) is 0 Å². The molecule has 0 saturated carbocycles. The minimum absolute atomic E-state index is 0.0388. The number of allylic oxidation sites excluding steroid dienone is 1. The van der Waals surface area contributed by atoms with Crippen LogP contribution in [0.2, 0.25) is 0 Å². The standard InChI is InChI=1S/C17H20N2O3.2C13H10N2O4.2C13H12N2O3.4C5H12/c1-10(2)22-15-6-4-5-12-13(15)9-19(17(12)21)14-8-7-11(3)18-16(14)20;2*16-10-6-5-9(11(17)14-10)15-12(18)7-3-1-2-4-8(7)13(15)19;2*16-11-6-5-10(12(17)14-11)15-7-8-3-1-2-4-9(8)13(15)18;4*1-5(2,3)4/h4-6,10,14H,3,7-9H2,1-2H3,(H,18,20);2*1-4,9H,5-6H2,(H,14,16,17);2*1-4,10H,5-7H2,(H,14,16,17);4*1-4H3/t14-;;;;;;;;/m1......../s1. The molecule has 0 aliphatic carbocycles. The van der Waals surface area contributed by atoms with Crippen molar-refractivity contribution < 1.29 is 81.4 Å². The molecule has 10 aliphatic heterocycles. The summed E-state index contributed by atoms with van der Waals surface area (Å²) in [4.78, 5) is 196. The Labute approximate surface area is 679 Å². The van der Waals surface area contributed by atoms with Gasteiger partial charge in [-0.3, -0.25) is 108 Å². The number of fused-ring (bicyclic) bond motifs is 5. The highest BCUT2D eigenvalue weighted by atomic mass is 16.5. The maximum Gasteiger partial charge on any atom is 0.262 e. The van der Waals surface area contributed by atoms with Gasteiger partial charge in [-0.2, -0.15) is 0 Å². The van der Waals surface area contributed by atoms with Gasteiger partial charge in [0, 0.05) is 66.7 Å². The number of nitrogens with one attached hydrogen (secondary N) is 5. The molecule has 5 atom stereocenters. The number of amides is 16. The van der Waals surface area contributed by atoms with E-state index in [1.54, 1.807) is 81.4 Å². The van der Waals surface area contributed by atoms with E-state index in [9.17, 15) is 76.7 Å². The lowest BCUT2D eigenvalue weighted by Crippen LogP contribution is -2.54. The third-order valence-corrected chi connectivity index (χ3v) is 17.6. The molecular formula is C89H112N10O17. The van der Waals surface area contributed by atoms with E-state index in [2.05, 4.69) is 144 Å². The van der Waals surface area contributed by atoms with Crippen molar-refractivity contribution in [2.75, 3.05) is 0 Å². The highest BCUT2D eigenvalue weighted by molar-refractivity contribution is 6.24. The van der Waals surface area contributed by atoms with Gasteiger partial charge in [-0.15, -0.1) is 0 Å². The Bertz CT molecular complexity index is 4310. The summed E-state index contributed by atoms with van der Waals surface area (Å²) in [6.45, 7) is 44.0. The number of imide groups is 6. The Morgan fingerprint density at radius 3 is 0.845 bits per heavy atom. The summed E-state index contributed by atoms with van der Waals surface area (Å²) in [6, 6.07) is 29.8. The van der Waals surface area contributed by atoms with Gasteiger partial charge in [0.1, 0.15) is 36.0 Å². The van der Waals surface area contributed by atoms with E-state index in [1.807, 2.05) is 62.4 Å². The third-order valence-electron chi connectivity index (χ3n) is 17.6. The second kappa shape index (κ2) is 38.7. The predicted molar refractivity (Wildman–Crippen MR) is 434 cm³/mol. The highest BCUT2D eigenvalue weighted by Gasteiger charge is 2.47. The average molecular weight is 1590 g/mol. The highest BCUT2D eigenvalue weighted by Crippen LogP contribution is 2.36. The number of rotatable bonds is 7. The Hall–Kier alpha value is -11.6. The molecule has 4 unspecified atom stereocenters. The fourth-order valence-corrected chi connectivity index (χ4v) is 12.9. The molecule has 15 rings (SSSR count). The molecule has 0 spiro atoms. The van der Waals surface area contributed by atoms with Crippen molar-refractivity contribution >= 4 is 94.5 Å². The molecule has 0 bridgehead atoms. The lowest BCUT2D eigenvalue weighted by atomic mass is 10.0. The van der Waals surface area contributed by atoms with Crippen molar-refractivity contribution in [3.8, 4) is 5.75 Å². The van der Waals surface area contributed by atoms with Crippen LogP contribution in [0.15, 0.2) is 128 Å². The molecular weight excluding hydrogens is 1480 g/mol. The van der Waals surface area contributed by atoms with E-state index in [0.29, 0.717) is 112 Å². The van der Waals surface area contributed by atoms with Crippen LogP contribution >= 0.6 is 0 Å². The van der Waals surface area contributed by atoms with Crippen LogP contribution in [0, 0.1) is 21.7 Å². The Balaban J connectivity index is 0.000000189. The lowest BCUT2D eigenvalue weighted by molar-refractivity contribution is -0.138. The maximum absolute atomic E-state index is 12.6. The molecule has 10 heterocycles. The van der Waals surface area contributed by atoms with Gasteiger partial charge in [-0.25, -0.2) is 0 Å². The summed E-state index contributed by atoms with van der Waals surface area (Å²) in [5, 5.41) is 11.6. The van der Waals surface area contributed by atoms with Gasteiger partial charge in [-0.1, -0.05) is 184 Å². The predicted octanol–water partition coefficient (Wildman–Crippen LogP) is 11.5. The van der Waals surface area contributed by atoms with E-state index >= 15 is 0 Å². The molecule has 5 saturated heterocycles. The number of hydrogen-bond donors (Lipinski definition) is 5. The van der Waals surface area contributed by atoms with Crippen LogP contribution in [0.25, 0.3) is 0 Å². The van der Waals surface area contributed by atoms with Crippen molar-refractivity contribution in [1.29, 1.82) is 0 Å². The van der Waals surface area contributed by atoms with Crippen LogP contribution in [0.3, 0.4) is 0 Å². The molecule has 5 N–H and O–H groups in total. The molecule has 0 aromatic heterocycles. The average Bonchev–Trinajstić information content (AvgIpc) is 1.63. The van der Waals surface area contributed by atoms with Crippen molar-refractivity contribution in [2.45, 2.75) is 245 Å². The number of nitrogens with zero attached hydrogens (tertiary/aromatic N) is 5. The zero-order valence-corrected chi connectivity index (χ0v) is 70.0. The monoisotopic (exact) mass is 1590 g/mol. The second-order valence-electron chi connectivity index (χ2n) is 36.1. The van der Waals surface area contributed by atoms with Gasteiger partial charge >= 0.3 is 0 Å². The van der Waals surface area contributed by atoms with E-state index in [0.717, 1.165) is 32.2 Å². The van der Waals surface area contributed by atoms with Crippen LogP contribution in [0.5, 0.6) is 5.75 Å². The van der Waals surface area contributed by atoms with E-state index < -0.39 is 65.7 Å². The summed E-state index contributed by atoms with van der Waals surface area (Å²) in [7, 11) is 0. The Morgan fingerprint density at radius 2 is 0.560 bits per heavy atom. The molecule has 27 nitrogen and oxygen atoms in total. The Kier molecular flexibility index (Phi) is 30.5. The summed E-state index contributed by atoms with van der Waals surface area (Å²) in [6.07, 6.45) is 3.36. The fourth-order valence-electron chi connectivity index (χ4n) is 12.9. The number of carbonyl (C=O) groups excluding carboxylic acids is 16. The van der Waals surface area contributed by atoms with Gasteiger partial charge in [0.15, 0.2) is 0 Å². The SMILES string of the molecule is C=C1CC[C@@H](N2Cc3c(OC(C)C)cccc3C2=O)C(=O)N1.CC(C)(C)C.CC(C)(C)C.CC(C)(C)C.CC(C)(C)C.O=C1CCC(N2C(=O)c3ccccc3C2=O)C(=O)N1.O=C1CCC(N2C(=O)c3ccccc3C2=O)C(=O)N1.O=C1CCC(N2Cc3ccccc3C2=O)C(=O)N1.O=C1CCC(N2Cc3ccccc3C2=O)C(=O)N1. The molecule has 116 heavy (non-hydrogen) atoms. The lowest BCUT2D eigenvalue weighted by Gasteiger charge is -2.31. The molecule has 5 aromatic carbocycles. The largest absolute Gasteiger partial charge is 0.491 e. The topological polar surface area (TPSA) is 359 Å². The van der Waals surface area contributed by atoms with Crippen molar-refractivity contribution in [1.82, 2.24) is 51.1 Å². The number of ether oxygens (including phenoxy) is 1. The van der Waals surface area contributed by atoms with Gasteiger partial charge in [0.2, 0.25) is 53.2 Å². The van der Waals surface area contributed by atoms with Crippen molar-refractivity contribution in [2.24, 2.45) is 21.7 Å². The van der Waals surface area contributed by atoms with Gasteiger partial charge < -0.3 is 24.8 Å². The maximum atomic E-state index is 12.6. The number of hydrogen-bond acceptors (Lipinski definition) is 17. The van der Waals surface area contributed by atoms with Crippen LogP contribution in [-0.4, -0.2) is 155 Å². The minimum Gasteiger partial charge on any atom is -0.491 e. The summed E-state index contributed by atoms with van der Waals surface area (Å²) < 4.78 is 5.79. The molecule has 10 aliphatic rings. The number of carbonyl (C=O) groups is 16. The zero-order chi connectivity index (χ0) is 86.4. The second-order valence-corrected chi connectivity index (χ2v) is 36.1. The number of piperidine rings is 5. The summed E-state index contributed by atoms with van der Waals surface area (Å²) >= 11 is 0. The summed E-state index contributed by atoms with van der Waals surface area (Å²) in [5.41, 5.74) is 8.62. The number of benzene rings is 5. The normalized spacial score (nSPS) is 20.6. The van der Waals surface area contributed by atoms with E-state index in [-0.39, 0.29) is 104 Å². The Morgan fingerprint density at radius 1 is 0.310 bits per heavy atom. The van der Waals surface area contributed by atoms with Gasteiger partial charge in [0.25, 0.3) is 41.4 Å². The summed E-state index contributed by atoms with van der Waals surface area (Å²) in [5.74, 6) is -4.88. The first-order chi connectivity index (χ1) is 54.0. The zero-order valence-electron chi connectivity index (χ0n) is 70.0. The van der Waals surface area contributed by atoms with Crippen LogP contribution in [0.1, 0.15) is 278 Å². The van der Waals surface area contributed by atoms with Gasteiger partial charge in [-0.05, 0) is 134 Å². The quantitative estimate of drug-likeness (QED) is 0.0945. The third kappa shape index (κ3) is 25.4. The molecule has 5 fully saturated rings. The van der Waals surface area contributed by atoms with Crippen molar-refractivity contribution in [3.63, 3.8) is 0 Å². The first-order valence-electron chi connectivity index (χ1n) is 39.1. The van der Waals surface area contributed by atoms with E-state index in [1.165, 1.54) is 0 Å². The first-order valence-corrected chi connectivity index (χ1v) is 39.1. The first kappa shape index (κ1) is 91.5. The van der Waals surface area contributed by atoms with Crippen LogP contribution in [-0.2, 0) is 62.8 Å². The molecule has 16 amide bonds. The molecule has 5 aromatic rings. The molecule has 0 radical (unpaired) electrons. The molecule has 620 valence electrons.